The Morgan fingerprint density at radius 2 is 1.67 bits per heavy atom. The molecule has 1 aliphatic rings. The van der Waals surface area contributed by atoms with Gasteiger partial charge in [-0.1, -0.05) is 0 Å². The summed E-state index contributed by atoms with van der Waals surface area (Å²) >= 11 is 0. The Morgan fingerprint density at radius 3 is 2.33 bits per heavy atom. The highest BCUT2D eigenvalue weighted by molar-refractivity contribution is 5.77. The summed E-state index contributed by atoms with van der Waals surface area (Å²) in [6, 6.07) is 4.79. The molecule has 0 unspecified atom stereocenters. The van der Waals surface area contributed by atoms with E-state index in [0.717, 1.165) is 24.3 Å². The first-order valence-electron chi connectivity index (χ1n) is 6.94. The van der Waals surface area contributed by atoms with Crippen LogP contribution in [-0.2, 0) is 6.18 Å². The van der Waals surface area contributed by atoms with Crippen LogP contribution in [0, 0.1) is 5.82 Å². The molecular formula is C16H15F4NO3. The molecule has 0 atom stereocenters. The fourth-order valence-electron chi connectivity index (χ4n) is 2.32. The lowest BCUT2D eigenvalue weighted by molar-refractivity contribution is -0.137. The van der Waals surface area contributed by atoms with Gasteiger partial charge in [0.1, 0.15) is 24.8 Å². The van der Waals surface area contributed by atoms with E-state index in [2.05, 4.69) is 5.73 Å². The molecule has 3 rings (SSSR count). The maximum absolute atomic E-state index is 13.7. The van der Waals surface area contributed by atoms with Crippen molar-refractivity contribution in [2.45, 2.75) is 6.18 Å². The Bertz CT molecular complexity index is 732. The van der Waals surface area contributed by atoms with Crippen LogP contribution in [0.2, 0.25) is 0 Å². The van der Waals surface area contributed by atoms with Crippen molar-refractivity contribution in [1.29, 1.82) is 0 Å². The van der Waals surface area contributed by atoms with Gasteiger partial charge in [0.15, 0.2) is 11.5 Å². The zero-order chi connectivity index (χ0) is 17.9. The molecule has 4 nitrogen and oxygen atoms in total. The van der Waals surface area contributed by atoms with E-state index in [1.54, 1.807) is 0 Å². The van der Waals surface area contributed by atoms with Crippen molar-refractivity contribution in [3.8, 4) is 28.4 Å². The quantitative estimate of drug-likeness (QED) is 0.776. The second-order valence-electron chi connectivity index (χ2n) is 4.71. The largest absolute Gasteiger partial charge is 0.508 e. The van der Waals surface area contributed by atoms with Gasteiger partial charge in [0, 0.05) is 11.6 Å². The van der Waals surface area contributed by atoms with Gasteiger partial charge >= 0.3 is 6.18 Å². The van der Waals surface area contributed by atoms with Crippen molar-refractivity contribution in [1.82, 2.24) is 0 Å². The smallest absolute Gasteiger partial charge is 0.417 e. The van der Waals surface area contributed by atoms with Crippen molar-refractivity contribution < 1.29 is 32.1 Å². The number of halogens is 4. The molecule has 0 saturated heterocycles. The molecule has 2 aromatic rings. The number of rotatable bonds is 1. The average Bonchev–Trinajstić information content (AvgIpc) is 2.55. The number of fused-ring (bicyclic) bond motifs is 1. The predicted molar refractivity (Wildman–Crippen MR) is 79.6 cm³/mol. The van der Waals surface area contributed by atoms with E-state index >= 15 is 0 Å². The normalized spacial score (nSPS) is 13.1. The standard InChI is InChI=1S/C15H10F4O3.CH5N/c16-8-5-11(14-13(6-8)21-3-4-22-14)10-2-1-9(20)7-12(10)15(17,18)19;1-2/h1-2,5-7,20H,3-4H2;2H2,1H3. The SMILES string of the molecule is CN.Oc1ccc(-c2cc(F)cc3c2OCCO3)c(C(F)(F)F)c1. The lowest BCUT2D eigenvalue weighted by atomic mass is 9.97. The van der Waals surface area contributed by atoms with Crippen LogP contribution in [0.1, 0.15) is 5.56 Å². The fraction of sp³-hybridized carbons (Fsp3) is 0.250. The number of ether oxygens (including phenoxy) is 2. The predicted octanol–water partition coefficient (Wildman–Crippen LogP) is 3.56. The molecule has 1 heterocycles. The molecule has 130 valence electrons. The third-order valence-electron chi connectivity index (χ3n) is 3.21. The molecule has 0 fully saturated rings. The molecule has 8 heteroatoms. The van der Waals surface area contributed by atoms with E-state index in [9.17, 15) is 22.7 Å². The molecule has 0 saturated carbocycles. The van der Waals surface area contributed by atoms with Crippen LogP contribution in [0.4, 0.5) is 17.6 Å². The molecule has 0 amide bonds. The zero-order valence-corrected chi connectivity index (χ0v) is 12.7. The summed E-state index contributed by atoms with van der Waals surface area (Å²) in [5.41, 5.74) is 3.07. The molecule has 24 heavy (non-hydrogen) atoms. The van der Waals surface area contributed by atoms with Crippen LogP contribution in [0.25, 0.3) is 11.1 Å². The van der Waals surface area contributed by atoms with E-state index in [0.29, 0.717) is 6.07 Å². The second-order valence-corrected chi connectivity index (χ2v) is 4.71. The molecule has 0 bridgehead atoms. The van der Waals surface area contributed by atoms with Crippen molar-refractivity contribution >= 4 is 0 Å². The summed E-state index contributed by atoms with van der Waals surface area (Å²) in [5, 5.41) is 9.31. The van der Waals surface area contributed by atoms with Crippen molar-refractivity contribution in [3.63, 3.8) is 0 Å². The topological polar surface area (TPSA) is 64.7 Å². The first-order valence-corrected chi connectivity index (χ1v) is 6.94. The molecule has 0 radical (unpaired) electrons. The zero-order valence-electron chi connectivity index (χ0n) is 12.7. The number of alkyl halides is 3. The van der Waals surface area contributed by atoms with Gasteiger partial charge in [-0.3, -0.25) is 0 Å². The summed E-state index contributed by atoms with van der Waals surface area (Å²) in [6.45, 7) is 0.350. The van der Waals surface area contributed by atoms with Gasteiger partial charge in [0.25, 0.3) is 0 Å². The first-order chi connectivity index (χ1) is 11.4. The number of aromatic hydroxyl groups is 1. The summed E-state index contributed by atoms with van der Waals surface area (Å²) in [7, 11) is 1.50. The van der Waals surface area contributed by atoms with E-state index in [4.69, 9.17) is 9.47 Å². The molecule has 0 aromatic heterocycles. The van der Waals surface area contributed by atoms with Crippen LogP contribution in [-0.4, -0.2) is 25.4 Å². The maximum atomic E-state index is 13.7. The Kier molecular flexibility index (Phi) is 5.18. The molecule has 1 aliphatic heterocycles. The highest BCUT2D eigenvalue weighted by atomic mass is 19.4. The summed E-state index contributed by atoms with van der Waals surface area (Å²) in [6.07, 6.45) is -4.71. The van der Waals surface area contributed by atoms with Gasteiger partial charge < -0.3 is 20.3 Å². The number of benzene rings is 2. The van der Waals surface area contributed by atoms with E-state index < -0.39 is 23.3 Å². The third kappa shape index (κ3) is 3.53. The van der Waals surface area contributed by atoms with Crippen LogP contribution >= 0.6 is 0 Å². The minimum atomic E-state index is -4.71. The second kappa shape index (κ2) is 6.96. The molecule has 0 aliphatic carbocycles. The summed E-state index contributed by atoms with van der Waals surface area (Å²) in [4.78, 5) is 0. The van der Waals surface area contributed by atoms with Crippen LogP contribution in [0.15, 0.2) is 30.3 Å². The Hall–Kier alpha value is -2.48. The number of nitrogens with two attached hydrogens (primary N) is 1. The van der Waals surface area contributed by atoms with Crippen molar-refractivity contribution in [3.05, 3.63) is 41.7 Å². The highest BCUT2D eigenvalue weighted by Crippen LogP contribution is 2.46. The minimum Gasteiger partial charge on any atom is -0.508 e. The van der Waals surface area contributed by atoms with Gasteiger partial charge in [0.05, 0.1) is 5.56 Å². The van der Waals surface area contributed by atoms with Gasteiger partial charge in [-0.05, 0) is 36.9 Å². The van der Waals surface area contributed by atoms with E-state index in [1.807, 2.05) is 0 Å². The van der Waals surface area contributed by atoms with Gasteiger partial charge in [-0.15, -0.1) is 0 Å². The van der Waals surface area contributed by atoms with E-state index in [1.165, 1.54) is 7.05 Å². The maximum Gasteiger partial charge on any atom is 0.417 e. The summed E-state index contributed by atoms with van der Waals surface area (Å²) in [5.74, 6) is -1.15. The van der Waals surface area contributed by atoms with E-state index in [-0.39, 0.29) is 35.8 Å². The minimum absolute atomic E-state index is 0.0578. The average molecular weight is 345 g/mol. The molecule has 0 spiro atoms. The number of hydrogen-bond donors (Lipinski definition) is 2. The van der Waals surface area contributed by atoms with Crippen molar-refractivity contribution in [2.75, 3.05) is 20.3 Å². The monoisotopic (exact) mass is 345 g/mol. The number of phenolic OH excluding ortho intramolecular Hbond substituents is 1. The van der Waals surface area contributed by atoms with Crippen LogP contribution in [0.3, 0.4) is 0 Å². The highest BCUT2D eigenvalue weighted by Gasteiger charge is 2.35. The third-order valence-corrected chi connectivity index (χ3v) is 3.21. The van der Waals surface area contributed by atoms with Gasteiger partial charge in [-0.2, -0.15) is 13.2 Å². The molecule has 2 aromatic carbocycles. The Balaban J connectivity index is 0.00000100. The van der Waals surface area contributed by atoms with Gasteiger partial charge in [0.2, 0.25) is 0 Å². The first kappa shape index (κ1) is 17.9. The molecular weight excluding hydrogens is 330 g/mol. The molecule has 3 N–H and O–H groups in total. The Morgan fingerprint density at radius 1 is 1.00 bits per heavy atom. The number of hydrogen-bond acceptors (Lipinski definition) is 4. The van der Waals surface area contributed by atoms with Crippen LogP contribution in [0.5, 0.6) is 17.2 Å². The lowest BCUT2D eigenvalue weighted by Gasteiger charge is -2.22. The lowest BCUT2D eigenvalue weighted by Crippen LogP contribution is -2.16. The van der Waals surface area contributed by atoms with Crippen LogP contribution < -0.4 is 15.2 Å². The summed E-state index contributed by atoms with van der Waals surface area (Å²) < 4.78 is 63.8. The van der Waals surface area contributed by atoms with Gasteiger partial charge in [-0.25, -0.2) is 4.39 Å². The fourth-order valence-corrected chi connectivity index (χ4v) is 2.32. The Labute approximate surface area is 135 Å². The van der Waals surface area contributed by atoms with Crippen molar-refractivity contribution in [2.24, 2.45) is 5.73 Å². The number of phenols is 1.